The summed E-state index contributed by atoms with van der Waals surface area (Å²) in [5, 5.41) is 0. The molecule has 0 aromatic heterocycles. The number of allylic oxidation sites excluding steroid dienone is 23. The van der Waals surface area contributed by atoms with Crippen LogP contribution in [0.15, 0.2) is 182 Å². The van der Waals surface area contributed by atoms with E-state index in [0.717, 1.165) is 69.6 Å². The minimum atomic E-state index is -0.497. The molecule has 16 heteroatoms. The predicted octanol–water partition coefficient (Wildman–Crippen LogP) is 21.7. The van der Waals surface area contributed by atoms with Gasteiger partial charge in [-0.2, -0.15) is 0 Å². The summed E-state index contributed by atoms with van der Waals surface area (Å²) in [6, 6.07) is 0. The molecule has 17 atom stereocenters. The Kier molecular flexibility index (Phi) is 65.6. The Morgan fingerprint density at radius 3 is 1.30 bits per heavy atom. The van der Waals surface area contributed by atoms with E-state index in [0.29, 0.717) is 17.0 Å². The second kappa shape index (κ2) is 63.7. The standard InChI is InChI=1S/C21H33OP.C20H38O3P6.C20H35O2P3/c1-3-5-15-19-18-20(19)16-13-11-9-7-6-8-10-12-14-17-21(4-2)22-23;1-3-5-13-19(21-24)15-9-6-7-10-16-20(22-28-25)17-12-8-11-14-18(4-2)23-29(26)27;1-3-5-16-20(21-23)18-15-13-11-9-7-6-8-10-12-14-17-19(4-2)22-25-24/h6-7,9-14,16-17,19-21H,3-5,8,15,18,23H2,1-2H3;6-12,14-16,18-20,28H,3-5,13,17,24-27H2,1-2H3;6-7,10-15,17-20,25H,3-5,8-9,16,23-24H2,1-2H3/b7-6-,11-9+,12-10-,16-13+,17-14+;7-6+,12-8-,14-11+,15-9+,16-10+;7-6-,12-10-,13-11+,17-14+,18-15+. The Hall–Kier alpha value is 0.160. The van der Waals surface area contributed by atoms with Gasteiger partial charge in [0, 0.05) is 45.4 Å². The van der Waals surface area contributed by atoms with Crippen LogP contribution in [0.5, 0.6) is 0 Å². The van der Waals surface area contributed by atoms with Gasteiger partial charge >= 0.3 is 0 Å². The van der Waals surface area contributed by atoms with Crippen molar-refractivity contribution in [2.75, 3.05) is 0 Å². The Morgan fingerprint density at radius 1 is 0.442 bits per heavy atom. The summed E-state index contributed by atoms with van der Waals surface area (Å²) in [5.41, 5.74) is 0. The van der Waals surface area contributed by atoms with Gasteiger partial charge in [-0.05, 0) is 82.5 Å². The van der Waals surface area contributed by atoms with E-state index in [9.17, 15) is 0 Å². The lowest BCUT2D eigenvalue weighted by atomic mass is 10.1. The van der Waals surface area contributed by atoms with Gasteiger partial charge in [-0.3, -0.25) is 0 Å². The van der Waals surface area contributed by atoms with Gasteiger partial charge in [0.15, 0.2) is 0 Å². The highest BCUT2D eigenvalue weighted by Crippen LogP contribution is 2.54. The third kappa shape index (κ3) is 56.4. The summed E-state index contributed by atoms with van der Waals surface area (Å²) in [4.78, 5) is 0. The van der Waals surface area contributed by atoms with E-state index in [2.05, 4.69) is 264 Å². The molecule has 436 valence electrons. The monoisotopic (exact) mass is 1240 g/mol. The zero-order valence-electron chi connectivity index (χ0n) is 47.9. The molecule has 17 unspecified atom stereocenters. The largest absolute Gasteiger partial charge is 0.358 e. The SMILES string of the molecule is CCCCC(/C=C/C=C/C/C=C\C/C=C\C=C\C(CC)OPP)OP.CCCCC(/C=C/C=C/C=C/C(C/C=C\C=C\C(CC)OP(P)P)OPP)OP.CCCCC1CC1/C=C/C=C/C=C\C/C=C\C=C\C(CC)OP. The molecule has 0 heterocycles. The molecule has 6 nitrogen and oxygen atoms in total. The van der Waals surface area contributed by atoms with E-state index in [1.54, 1.807) is 0 Å². The van der Waals surface area contributed by atoms with Gasteiger partial charge in [-0.1, -0.05) is 298 Å². The van der Waals surface area contributed by atoms with Crippen LogP contribution in [-0.4, -0.2) is 36.6 Å². The predicted molar refractivity (Wildman–Crippen MR) is 377 cm³/mol. The highest BCUT2D eigenvalue weighted by molar-refractivity contribution is 8.41. The van der Waals surface area contributed by atoms with Crippen LogP contribution in [0.25, 0.3) is 0 Å². The zero-order chi connectivity index (χ0) is 57.1. The topological polar surface area (TPSA) is 55.4 Å². The zero-order valence-corrected chi connectivity index (χ0v) is 58.9. The van der Waals surface area contributed by atoms with E-state index in [1.807, 2.05) is 24.3 Å². The lowest BCUT2D eigenvalue weighted by Crippen LogP contribution is -2.02. The first kappa shape index (κ1) is 79.2. The van der Waals surface area contributed by atoms with Crippen molar-refractivity contribution in [2.45, 2.75) is 187 Å². The third-order valence-corrected chi connectivity index (χ3v) is 15.5. The maximum atomic E-state index is 5.80. The Labute approximate surface area is 494 Å². The van der Waals surface area contributed by atoms with Gasteiger partial charge in [-0.15, -0.1) is 0 Å². The van der Waals surface area contributed by atoms with Crippen LogP contribution in [0, 0.1) is 11.8 Å². The van der Waals surface area contributed by atoms with Crippen LogP contribution in [0.3, 0.4) is 0 Å². The fourth-order valence-electron chi connectivity index (χ4n) is 6.75. The van der Waals surface area contributed by atoms with E-state index in [1.165, 1.54) is 51.4 Å². The second-order valence-corrected chi connectivity index (χ2v) is 26.9. The first-order valence-electron chi connectivity index (χ1n) is 27.9. The molecule has 0 aliphatic heterocycles. The third-order valence-electron chi connectivity index (χ3n) is 11.5. The molecule has 1 saturated carbocycles. The minimum Gasteiger partial charge on any atom is -0.358 e. The summed E-state index contributed by atoms with van der Waals surface area (Å²) in [7, 11) is 18.0. The minimum absolute atomic E-state index is 0.0712. The van der Waals surface area contributed by atoms with Crippen molar-refractivity contribution < 1.29 is 27.1 Å². The molecule has 0 radical (unpaired) electrons. The molecular formula is C61H106O6P10. The summed E-state index contributed by atoms with van der Waals surface area (Å²) in [6.07, 6.45) is 83.4. The van der Waals surface area contributed by atoms with Gasteiger partial charge in [-0.25, -0.2) is 0 Å². The summed E-state index contributed by atoms with van der Waals surface area (Å²) < 4.78 is 33.0. The molecule has 77 heavy (non-hydrogen) atoms. The Bertz CT molecular complexity index is 1780. The number of hydrogen-bond donors (Lipinski definition) is 0. The van der Waals surface area contributed by atoms with Crippen LogP contribution in [0.1, 0.15) is 151 Å². The van der Waals surface area contributed by atoms with Gasteiger partial charge in [0.25, 0.3) is 0 Å². The molecule has 1 aliphatic carbocycles. The van der Waals surface area contributed by atoms with Crippen molar-refractivity contribution >= 4 is 88.6 Å². The summed E-state index contributed by atoms with van der Waals surface area (Å²) >= 11 is 0. The highest BCUT2D eigenvalue weighted by atomic mass is 32.4. The summed E-state index contributed by atoms with van der Waals surface area (Å²) in [5.74, 6) is 1.82. The normalized spacial score (nSPS) is 18.5. The van der Waals surface area contributed by atoms with Crippen molar-refractivity contribution in [2.24, 2.45) is 11.8 Å². The molecule has 0 bridgehead atoms. The smallest absolute Gasteiger partial charge is 0.0836 e. The van der Waals surface area contributed by atoms with E-state index in [-0.39, 0.29) is 36.6 Å². The lowest BCUT2D eigenvalue weighted by molar-refractivity contribution is 0.275. The van der Waals surface area contributed by atoms with Gasteiger partial charge in [0.1, 0.15) is 0 Å². The summed E-state index contributed by atoms with van der Waals surface area (Å²) in [6.45, 7) is 13.0. The average molecular weight is 1250 g/mol. The van der Waals surface area contributed by atoms with Gasteiger partial charge < -0.3 is 27.1 Å². The van der Waals surface area contributed by atoms with Crippen molar-refractivity contribution in [1.29, 1.82) is 0 Å². The van der Waals surface area contributed by atoms with Crippen LogP contribution in [-0.2, 0) is 27.1 Å². The van der Waals surface area contributed by atoms with Crippen molar-refractivity contribution in [1.82, 2.24) is 0 Å². The van der Waals surface area contributed by atoms with Crippen LogP contribution in [0.2, 0.25) is 0 Å². The maximum Gasteiger partial charge on any atom is 0.0836 e. The maximum absolute atomic E-state index is 5.80. The molecule has 0 spiro atoms. The van der Waals surface area contributed by atoms with Crippen LogP contribution < -0.4 is 0 Å². The number of rotatable bonds is 44. The molecule has 0 saturated heterocycles. The van der Waals surface area contributed by atoms with E-state index < -0.39 is 7.53 Å². The quantitative estimate of drug-likeness (QED) is 0.0344. The second-order valence-electron chi connectivity index (χ2n) is 17.9. The fraction of sp³-hybridized carbons (Fsp3) is 0.508. The molecular weight excluding hydrogens is 1140 g/mol. The lowest BCUT2D eigenvalue weighted by Gasteiger charge is -2.13. The Balaban J connectivity index is 0. The van der Waals surface area contributed by atoms with E-state index >= 15 is 0 Å². The first-order valence-corrected chi connectivity index (χ1v) is 39.3. The fourth-order valence-corrected chi connectivity index (χ4v) is 10.8. The van der Waals surface area contributed by atoms with Crippen LogP contribution in [0.4, 0.5) is 0 Å². The highest BCUT2D eigenvalue weighted by Gasteiger charge is 2.33. The van der Waals surface area contributed by atoms with Crippen molar-refractivity contribution in [3.63, 3.8) is 0 Å². The van der Waals surface area contributed by atoms with Gasteiger partial charge in [0.05, 0.1) is 44.1 Å². The van der Waals surface area contributed by atoms with Crippen molar-refractivity contribution in [3.05, 3.63) is 182 Å². The number of hydrogen-bond acceptors (Lipinski definition) is 6. The molecule has 1 aliphatic rings. The first-order chi connectivity index (χ1) is 37.7. The van der Waals surface area contributed by atoms with Crippen molar-refractivity contribution in [3.8, 4) is 0 Å². The molecule has 0 amide bonds. The van der Waals surface area contributed by atoms with E-state index in [4.69, 9.17) is 27.1 Å². The molecule has 0 aromatic carbocycles. The number of unbranched alkanes of at least 4 members (excludes halogenated alkanes) is 3. The molecule has 1 fully saturated rings. The Morgan fingerprint density at radius 2 is 0.831 bits per heavy atom. The van der Waals surface area contributed by atoms with Gasteiger partial charge in [0.2, 0.25) is 0 Å². The van der Waals surface area contributed by atoms with Crippen LogP contribution >= 0.6 is 88.6 Å². The molecule has 0 N–H and O–H groups in total. The molecule has 0 aromatic rings. The average Bonchev–Trinajstić information content (AvgIpc) is 4.20. The molecule has 1 rings (SSSR count).